The van der Waals surface area contributed by atoms with Crippen LogP contribution in [0.5, 0.6) is 0 Å². The number of ether oxygens (including phenoxy) is 1. The number of hydrogen-bond acceptors (Lipinski definition) is 6. The molecule has 4 rings (SSSR count). The van der Waals surface area contributed by atoms with Crippen molar-refractivity contribution in [2.45, 2.75) is 20.4 Å². The van der Waals surface area contributed by atoms with E-state index in [1.807, 2.05) is 19.9 Å². The summed E-state index contributed by atoms with van der Waals surface area (Å²) < 4.78 is 12.3. The van der Waals surface area contributed by atoms with E-state index in [1.165, 1.54) is 17.8 Å². The van der Waals surface area contributed by atoms with Crippen LogP contribution in [0.15, 0.2) is 41.2 Å². The van der Waals surface area contributed by atoms with Gasteiger partial charge in [-0.2, -0.15) is 5.10 Å². The molecule has 0 radical (unpaired) electrons. The molecule has 0 fully saturated rings. The zero-order valence-corrected chi connectivity index (χ0v) is 15.6. The van der Waals surface area contributed by atoms with Crippen LogP contribution in [0, 0.1) is 13.8 Å². The number of esters is 1. The first-order chi connectivity index (χ1) is 13.5. The third-order valence-corrected chi connectivity index (χ3v) is 4.62. The maximum Gasteiger partial charge on any atom is 0.341 e. The highest BCUT2D eigenvalue weighted by Crippen LogP contribution is 2.30. The van der Waals surface area contributed by atoms with Gasteiger partial charge in [-0.15, -0.1) is 0 Å². The van der Waals surface area contributed by atoms with Gasteiger partial charge in [0, 0.05) is 23.3 Å². The standard InChI is InChI=1S/C20H18N4O4/c1-11-7-13-12(2)16(28-17(13)14(8-11)20(26)27-3)10-22-19(25)15-9-23-24-6-4-5-21-18(15)24/h4-9H,10H2,1-3H3,(H,22,25). The number of aryl methyl sites for hydroxylation is 2. The number of hydrogen-bond donors (Lipinski definition) is 1. The van der Waals surface area contributed by atoms with Crippen LogP contribution in [-0.4, -0.2) is 33.6 Å². The summed E-state index contributed by atoms with van der Waals surface area (Å²) in [5, 5.41) is 7.77. The lowest BCUT2D eigenvalue weighted by Gasteiger charge is -2.02. The second-order valence-corrected chi connectivity index (χ2v) is 6.46. The van der Waals surface area contributed by atoms with Gasteiger partial charge in [0.2, 0.25) is 0 Å². The summed E-state index contributed by atoms with van der Waals surface area (Å²) >= 11 is 0. The van der Waals surface area contributed by atoms with Gasteiger partial charge in [-0.05, 0) is 37.6 Å². The van der Waals surface area contributed by atoms with Crippen molar-refractivity contribution in [1.82, 2.24) is 19.9 Å². The van der Waals surface area contributed by atoms with Crippen molar-refractivity contribution in [3.05, 3.63) is 64.8 Å². The molecule has 0 bridgehead atoms. The quantitative estimate of drug-likeness (QED) is 0.548. The molecule has 1 N–H and O–H groups in total. The fourth-order valence-electron chi connectivity index (χ4n) is 3.19. The van der Waals surface area contributed by atoms with Crippen LogP contribution in [-0.2, 0) is 11.3 Å². The van der Waals surface area contributed by atoms with Crippen molar-refractivity contribution in [2.24, 2.45) is 0 Å². The first-order valence-corrected chi connectivity index (χ1v) is 8.67. The van der Waals surface area contributed by atoms with Crippen LogP contribution in [0.25, 0.3) is 16.6 Å². The Morgan fingerprint density at radius 1 is 1.25 bits per heavy atom. The Labute approximate surface area is 160 Å². The second-order valence-electron chi connectivity index (χ2n) is 6.46. The third-order valence-electron chi connectivity index (χ3n) is 4.62. The molecule has 142 valence electrons. The molecule has 0 aliphatic heterocycles. The minimum Gasteiger partial charge on any atom is -0.465 e. The number of benzene rings is 1. The zero-order valence-electron chi connectivity index (χ0n) is 15.6. The van der Waals surface area contributed by atoms with Gasteiger partial charge >= 0.3 is 5.97 Å². The van der Waals surface area contributed by atoms with Crippen LogP contribution in [0.4, 0.5) is 0 Å². The summed E-state index contributed by atoms with van der Waals surface area (Å²) in [6, 6.07) is 5.41. The van der Waals surface area contributed by atoms with Gasteiger partial charge < -0.3 is 14.5 Å². The zero-order chi connectivity index (χ0) is 19.8. The van der Waals surface area contributed by atoms with Crippen LogP contribution < -0.4 is 5.32 Å². The van der Waals surface area contributed by atoms with E-state index in [0.29, 0.717) is 28.1 Å². The predicted molar refractivity (Wildman–Crippen MR) is 101 cm³/mol. The van der Waals surface area contributed by atoms with Crippen molar-refractivity contribution < 1.29 is 18.7 Å². The van der Waals surface area contributed by atoms with Gasteiger partial charge in [0.05, 0.1) is 19.9 Å². The number of carbonyl (C=O) groups excluding carboxylic acids is 2. The SMILES string of the molecule is COC(=O)c1cc(C)cc2c(C)c(CNC(=O)c3cnn4cccnc34)oc12. The fourth-order valence-corrected chi connectivity index (χ4v) is 3.19. The monoisotopic (exact) mass is 378 g/mol. The molecule has 0 aliphatic rings. The van der Waals surface area contributed by atoms with Crippen molar-refractivity contribution in [3.8, 4) is 0 Å². The number of rotatable bonds is 4. The van der Waals surface area contributed by atoms with Crippen LogP contribution in [0.2, 0.25) is 0 Å². The second kappa shape index (κ2) is 6.80. The molecule has 3 aromatic heterocycles. The van der Waals surface area contributed by atoms with E-state index in [1.54, 1.807) is 24.5 Å². The Morgan fingerprint density at radius 3 is 2.86 bits per heavy atom. The van der Waals surface area contributed by atoms with Gasteiger partial charge in [-0.1, -0.05) is 0 Å². The lowest BCUT2D eigenvalue weighted by atomic mass is 10.0. The molecule has 0 unspecified atom stereocenters. The lowest BCUT2D eigenvalue weighted by Crippen LogP contribution is -2.22. The number of aromatic nitrogens is 3. The minimum absolute atomic E-state index is 0.170. The average molecular weight is 378 g/mol. The largest absolute Gasteiger partial charge is 0.465 e. The van der Waals surface area contributed by atoms with Crippen LogP contribution >= 0.6 is 0 Å². The molecule has 8 heteroatoms. The Balaban J connectivity index is 1.64. The molecular weight excluding hydrogens is 360 g/mol. The van der Waals surface area contributed by atoms with Crippen molar-refractivity contribution in [1.29, 1.82) is 0 Å². The molecule has 0 atom stereocenters. The van der Waals surface area contributed by atoms with Crippen LogP contribution in [0.1, 0.15) is 37.6 Å². The molecule has 0 aliphatic carbocycles. The predicted octanol–water partition coefficient (Wildman–Crippen LogP) is 2.81. The highest BCUT2D eigenvalue weighted by molar-refractivity contribution is 6.03. The molecule has 8 nitrogen and oxygen atoms in total. The average Bonchev–Trinajstić information content (AvgIpc) is 3.27. The van der Waals surface area contributed by atoms with Gasteiger partial charge in [0.15, 0.2) is 5.65 Å². The molecular formula is C20H18N4O4. The number of nitrogens with one attached hydrogen (secondary N) is 1. The highest BCUT2D eigenvalue weighted by atomic mass is 16.5. The van der Waals surface area contributed by atoms with E-state index in [-0.39, 0.29) is 12.5 Å². The summed E-state index contributed by atoms with van der Waals surface area (Å²) in [6.07, 6.45) is 4.80. The number of carbonyl (C=O) groups is 2. The topological polar surface area (TPSA) is 98.7 Å². The molecule has 0 saturated heterocycles. The Kier molecular flexibility index (Phi) is 4.31. The first kappa shape index (κ1) is 17.7. The van der Waals surface area contributed by atoms with E-state index >= 15 is 0 Å². The molecule has 0 spiro atoms. The highest BCUT2D eigenvalue weighted by Gasteiger charge is 2.20. The van der Waals surface area contributed by atoms with Gasteiger partial charge in [-0.3, -0.25) is 4.79 Å². The van der Waals surface area contributed by atoms with E-state index < -0.39 is 5.97 Å². The maximum absolute atomic E-state index is 12.6. The maximum atomic E-state index is 12.6. The van der Waals surface area contributed by atoms with Crippen molar-refractivity contribution in [2.75, 3.05) is 7.11 Å². The smallest absolute Gasteiger partial charge is 0.341 e. The Bertz CT molecular complexity index is 1220. The summed E-state index contributed by atoms with van der Waals surface area (Å²) in [4.78, 5) is 28.8. The van der Waals surface area contributed by atoms with Gasteiger partial charge in [0.25, 0.3) is 5.91 Å². The number of fused-ring (bicyclic) bond motifs is 2. The van der Waals surface area contributed by atoms with Gasteiger partial charge in [-0.25, -0.2) is 14.3 Å². The van der Waals surface area contributed by atoms with E-state index in [2.05, 4.69) is 15.4 Å². The number of methoxy groups -OCH3 is 1. The Morgan fingerprint density at radius 2 is 2.07 bits per heavy atom. The Hall–Kier alpha value is -3.68. The lowest BCUT2D eigenvalue weighted by molar-refractivity contribution is 0.0601. The molecule has 1 amide bonds. The molecule has 4 aromatic rings. The van der Waals surface area contributed by atoms with Gasteiger partial charge in [0.1, 0.15) is 22.5 Å². The normalized spacial score (nSPS) is 11.1. The van der Waals surface area contributed by atoms with Crippen LogP contribution in [0.3, 0.4) is 0 Å². The van der Waals surface area contributed by atoms with Crippen molar-refractivity contribution in [3.63, 3.8) is 0 Å². The molecule has 28 heavy (non-hydrogen) atoms. The minimum atomic E-state index is -0.463. The van der Waals surface area contributed by atoms with E-state index in [0.717, 1.165) is 16.5 Å². The van der Waals surface area contributed by atoms with E-state index in [4.69, 9.17) is 9.15 Å². The number of amides is 1. The summed E-state index contributed by atoms with van der Waals surface area (Å²) in [7, 11) is 1.33. The number of furan rings is 1. The van der Waals surface area contributed by atoms with Crippen molar-refractivity contribution >= 4 is 28.5 Å². The first-order valence-electron chi connectivity index (χ1n) is 8.67. The van der Waals surface area contributed by atoms with E-state index in [9.17, 15) is 9.59 Å². The molecule has 3 heterocycles. The molecule has 0 saturated carbocycles. The fraction of sp³-hybridized carbons (Fsp3) is 0.200. The third kappa shape index (κ3) is 2.88. The summed E-state index contributed by atoms with van der Waals surface area (Å²) in [5.74, 6) is -0.197. The summed E-state index contributed by atoms with van der Waals surface area (Å²) in [5.41, 5.74) is 3.46. The summed E-state index contributed by atoms with van der Waals surface area (Å²) in [6.45, 7) is 3.96. The molecule has 1 aromatic carbocycles. The number of nitrogens with zero attached hydrogens (tertiary/aromatic N) is 3.